The quantitative estimate of drug-likeness (QED) is 0.754. The van der Waals surface area contributed by atoms with Gasteiger partial charge in [0.1, 0.15) is 5.65 Å². The van der Waals surface area contributed by atoms with Crippen molar-refractivity contribution in [1.82, 2.24) is 15.3 Å². The van der Waals surface area contributed by atoms with E-state index in [1.165, 1.54) is 0 Å². The summed E-state index contributed by atoms with van der Waals surface area (Å²) < 4.78 is 0. The minimum absolute atomic E-state index is 0.0668. The van der Waals surface area contributed by atoms with Crippen molar-refractivity contribution < 1.29 is 4.79 Å². The standard InChI is InChI=1S/C17H17N3O/c21-16(19-11-13-5-2-1-3-6-13)9-8-14-12-20-17-15(14)7-4-10-18-17/h1-7,10,12H,8-9,11H2,(H,18,20)(H,19,21). The first kappa shape index (κ1) is 13.4. The van der Waals surface area contributed by atoms with Crippen LogP contribution in [0.25, 0.3) is 11.0 Å². The first-order valence-electron chi connectivity index (χ1n) is 7.04. The molecule has 0 fully saturated rings. The van der Waals surface area contributed by atoms with Crippen LogP contribution in [0.2, 0.25) is 0 Å². The number of aromatic amines is 1. The van der Waals surface area contributed by atoms with Gasteiger partial charge in [-0.25, -0.2) is 4.98 Å². The van der Waals surface area contributed by atoms with Crippen molar-refractivity contribution in [3.8, 4) is 0 Å². The van der Waals surface area contributed by atoms with E-state index in [9.17, 15) is 4.79 Å². The zero-order valence-electron chi connectivity index (χ0n) is 11.7. The SMILES string of the molecule is O=C(CCc1c[nH]c2ncccc12)NCc1ccccc1. The fourth-order valence-corrected chi connectivity index (χ4v) is 2.35. The van der Waals surface area contributed by atoms with E-state index in [1.807, 2.05) is 48.7 Å². The number of rotatable bonds is 5. The van der Waals surface area contributed by atoms with E-state index in [-0.39, 0.29) is 5.91 Å². The second-order valence-corrected chi connectivity index (χ2v) is 4.98. The Bertz CT molecular complexity index is 734. The molecule has 0 saturated heterocycles. The largest absolute Gasteiger partial charge is 0.352 e. The number of fused-ring (bicyclic) bond motifs is 1. The fourth-order valence-electron chi connectivity index (χ4n) is 2.35. The molecule has 2 N–H and O–H groups in total. The molecule has 0 spiro atoms. The highest BCUT2D eigenvalue weighted by Gasteiger charge is 2.07. The van der Waals surface area contributed by atoms with Gasteiger partial charge in [-0.15, -0.1) is 0 Å². The number of pyridine rings is 1. The fraction of sp³-hybridized carbons (Fsp3) is 0.176. The molecule has 4 nitrogen and oxygen atoms in total. The first-order chi connectivity index (χ1) is 10.3. The lowest BCUT2D eigenvalue weighted by Gasteiger charge is -2.05. The topological polar surface area (TPSA) is 57.8 Å². The van der Waals surface area contributed by atoms with E-state index in [0.29, 0.717) is 19.4 Å². The Labute approximate surface area is 123 Å². The number of carbonyl (C=O) groups is 1. The van der Waals surface area contributed by atoms with Gasteiger partial charge in [0.2, 0.25) is 5.91 Å². The summed E-state index contributed by atoms with van der Waals surface area (Å²) in [5.41, 5.74) is 3.12. The maximum atomic E-state index is 11.9. The van der Waals surface area contributed by atoms with E-state index in [0.717, 1.165) is 22.2 Å². The molecule has 1 aromatic carbocycles. The van der Waals surface area contributed by atoms with Gasteiger partial charge in [-0.3, -0.25) is 4.79 Å². The van der Waals surface area contributed by atoms with Crippen molar-refractivity contribution in [2.75, 3.05) is 0 Å². The number of benzene rings is 1. The summed E-state index contributed by atoms with van der Waals surface area (Å²) in [4.78, 5) is 19.3. The van der Waals surface area contributed by atoms with Gasteiger partial charge < -0.3 is 10.3 Å². The molecule has 3 aromatic rings. The van der Waals surface area contributed by atoms with E-state index >= 15 is 0 Å². The molecule has 2 aromatic heterocycles. The average Bonchev–Trinajstić information content (AvgIpc) is 2.95. The van der Waals surface area contributed by atoms with Gasteiger partial charge in [0.15, 0.2) is 0 Å². The van der Waals surface area contributed by atoms with Gasteiger partial charge in [0, 0.05) is 30.7 Å². The van der Waals surface area contributed by atoms with E-state index in [1.54, 1.807) is 6.20 Å². The van der Waals surface area contributed by atoms with Gasteiger partial charge >= 0.3 is 0 Å². The van der Waals surface area contributed by atoms with Gasteiger partial charge in [-0.2, -0.15) is 0 Å². The molecular formula is C17H17N3O. The lowest BCUT2D eigenvalue weighted by Crippen LogP contribution is -2.22. The molecule has 1 amide bonds. The zero-order valence-corrected chi connectivity index (χ0v) is 11.7. The maximum absolute atomic E-state index is 11.9. The number of aryl methyl sites for hydroxylation is 1. The number of nitrogens with zero attached hydrogens (tertiary/aromatic N) is 1. The van der Waals surface area contributed by atoms with Crippen LogP contribution in [0.1, 0.15) is 17.5 Å². The van der Waals surface area contributed by atoms with E-state index in [4.69, 9.17) is 0 Å². The maximum Gasteiger partial charge on any atom is 0.220 e. The minimum Gasteiger partial charge on any atom is -0.352 e. The van der Waals surface area contributed by atoms with Crippen LogP contribution in [0.3, 0.4) is 0 Å². The molecule has 0 aliphatic rings. The number of hydrogen-bond donors (Lipinski definition) is 2. The van der Waals surface area contributed by atoms with Crippen molar-refractivity contribution in [2.45, 2.75) is 19.4 Å². The van der Waals surface area contributed by atoms with Crippen LogP contribution in [-0.2, 0) is 17.8 Å². The summed E-state index contributed by atoms with van der Waals surface area (Å²) in [6.45, 7) is 0.578. The number of hydrogen-bond acceptors (Lipinski definition) is 2. The third kappa shape index (κ3) is 3.28. The van der Waals surface area contributed by atoms with Crippen molar-refractivity contribution in [2.24, 2.45) is 0 Å². The highest BCUT2D eigenvalue weighted by molar-refractivity contribution is 5.81. The highest BCUT2D eigenvalue weighted by atomic mass is 16.1. The van der Waals surface area contributed by atoms with Crippen LogP contribution < -0.4 is 5.32 Å². The number of nitrogens with one attached hydrogen (secondary N) is 2. The summed E-state index contributed by atoms with van der Waals surface area (Å²) in [5.74, 6) is 0.0668. The summed E-state index contributed by atoms with van der Waals surface area (Å²) in [7, 11) is 0. The molecule has 21 heavy (non-hydrogen) atoms. The highest BCUT2D eigenvalue weighted by Crippen LogP contribution is 2.16. The Morgan fingerprint density at radius 2 is 2.00 bits per heavy atom. The number of carbonyl (C=O) groups excluding carboxylic acids is 1. The number of amides is 1. The number of aromatic nitrogens is 2. The Morgan fingerprint density at radius 3 is 2.86 bits per heavy atom. The Hall–Kier alpha value is -2.62. The first-order valence-corrected chi connectivity index (χ1v) is 7.04. The lowest BCUT2D eigenvalue weighted by atomic mass is 10.1. The monoisotopic (exact) mass is 279 g/mol. The third-order valence-electron chi connectivity index (χ3n) is 3.49. The molecular weight excluding hydrogens is 262 g/mol. The number of H-pyrrole nitrogens is 1. The molecule has 2 heterocycles. The molecule has 0 atom stereocenters. The molecule has 0 aliphatic heterocycles. The smallest absolute Gasteiger partial charge is 0.220 e. The van der Waals surface area contributed by atoms with Gasteiger partial charge in [0.25, 0.3) is 0 Å². The Kier molecular flexibility index (Phi) is 3.96. The molecule has 0 radical (unpaired) electrons. The average molecular weight is 279 g/mol. The second-order valence-electron chi connectivity index (χ2n) is 4.98. The Morgan fingerprint density at radius 1 is 1.14 bits per heavy atom. The van der Waals surface area contributed by atoms with Crippen molar-refractivity contribution in [1.29, 1.82) is 0 Å². The zero-order chi connectivity index (χ0) is 14.5. The second kappa shape index (κ2) is 6.22. The summed E-state index contributed by atoms with van der Waals surface area (Å²) >= 11 is 0. The van der Waals surface area contributed by atoms with Crippen LogP contribution in [0.15, 0.2) is 54.9 Å². The van der Waals surface area contributed by atoms with Crippen LogP contribution in [0.5, 0.6) is 0 Å². The van der Waals surface area contributed by atoms with Gasteiger partial charge in [-0.1, -0.05) is 30.3 Å². The van der Waals surface area contributed by atoms with Crippen LogP contribution in [0.4, 0.5) is 0 Å². The predicted molar refractivity (Wildman–Crippen MR) is 82.7 cm³/mol. The van der Waals surface area contributed by atoms with Crippen molar-refractivity contribution in [3.63, 3.8) is 0 Å². The van der Waals surface area contributed by atoms with E-state index < -0.39 is 0 Å². The third-order valence-corrected chi connectivity index (χ3v) is 3.49. The van der Waals surface area contributed by atoms with E-state index in [2.05, 4.69) is 15.3 Å². The van der Waals surface area contributed by atoms with Crippen LogP contribution >= 0.6 is 0 Å². The molecule has 0 bridgehead atoms. The lowest BCUT2D eigenvalue weighted by molar-refractivity contribution is -0.121. The van der Waals surface area contributed by atoms with Crippen LogP contribution in [-0.4, -0.2) is 15.9 Å². The van der Waals surface area contributed by atoms with Crippen LogP contribution in [0, 0.1) is 0 Å². The summed E-state index contributed by atoms with van der Waals surface area (Å²) in [5, 5.41) is 4.04. The van der Waals surface area contributed by atoms with Crippen molar-refractivity contribution >= 4 is 16.9 Å². The minimum atomic E-state index is 0.0668. The molecule has 0 unspecified atom stereocenters. The summed E-state index contributed by atoms with van der Waals surface area (Å²) in [6, 6.07) is 13.9. The van der Waals surface area contributed by atoms with Gasteiger partial charge in [-0.05, 0) is 29.7 Å². The predicted octanol–water partition coefficient (Wildman–Crippen LogP) is 2.81. The molecule has 4 heteroatoms. The summed E-state index contributed by atoms with van der Waals surface area (Å²) in [6.07, 6.45) is 4.89. The van der Waals surface area contributed by atoms with Crippen molar-refractivity contribution in [3.05, 3.63) is 66.0 Å². The van der Waals surface area contributed by atoms with Gasteiger partial charge in [0.05, 0.1) is 0 Å². The molecule has 3 rings (SSSR count). The molecule has 0 saturated carbocycles. The Balaban J connectivity index is 1.54. The molecule has 0 aliphatic carbocycles. The normalized spacial score (nSPS) is 10.7. The molecule has 106 valence electrons.